The van der Waals surface area contributed by atoms with Crippen LogP contribution in [0.15, 0.2) is 53.6 Å². The van der Waals surface area contributed by atoms with Gasteiger partial charge in [-0.05, 0) is 41.2 Å². The normalized spacial score (nSPS) is 11.1. The van der Waals surface area contributed by atoms with E-state index in [9.17, 15) is 0 Å². The number of aromatic nitrogens is 3. The number of hydrogen-bond acceptors (Lipinski definition) is 7. The molecule has 3 aromatic carbocycles. The van der Waals surface area contributed by atoms with Gasteiger partial charge in [-0.25, -0.2) is 5.10 Å². The van der Waals surface area contributed by atoms with Crippen molar-refractivity contribution in [2.75, 3.05) is 28.4 Å². The van der Waals surface area contributed by atoms with Crippen molar-refractivity contribution in [3.05, 3.63) is 58.9 Å². The third kappa shape index (κ3) is 3.78. The fraction of sp³-hybridized carbons (Fsp3) is 0.174. The third-order valence-electron chi connectivity index (χ3n) is 5.03. The van der Waals surface area contributed by atoms with E-state index >= 15 is 0 Å². The smallest absolute Gasteiger partial charge is 0.216 e. The van der Waals surface area contributed by atoms with Gasteiger partial charge >= 0.3 is 0 Å². The number of nitrogens with zero attached hydrogens (tertiary/aromatic N) is 3. The van der Waals surface area contributed by atoms with Crippen LogP contribution >= 0.6 is 12.2 Å². The first-order chi connectivity index (χ1) is 15.6. The van der Waals surface area contributed by atoms with E-state index in [1.54, 1.807) is 46.8 Å². The topological polar surface area (TPSA) is 82.9 Å². The van der Waals surface area contributed by atoms with Crippen molar-refractivity contribution >= 4 is 29.2 Å². The highest BCUT2D eigenvalue weighted by Crippen LogP contribution is 2.40. The maximum Gasteiger partial charge on any atom is 0.216 e. The number of H-pyrrole nitrogens is 1. The minimum absolute atomic E-state index is 0.337. The monoisotopic (exact) mass is 450 g/mol. The molecule has 0 saturated heterocycles. The second kappa shape index (κ2) is 9.11. The highest BCUT2D eigenvalue weighted by molar-refractivity contribution is 7.71. The Morgan fingerprint density at radius 3 is 2.25 bits per heavy atom. The van der Waals surface area contributed by atoms with Crippen LogP contribution in [0.5, 0.6) is 23.0 Å². The van der Waals surface area contributed by atoms with Crippen LogP contribution in [0, 0.1) is 4.77 Å². The van der Waals surface area contributed by atoms with Crippen molar-refractivity contribution < 1.29 is 18.9 Å². The third-order valence-corrected chi connectivity index (χ3v) is 5.29. The fourth-order valence-corrected chi connectivity index (χ4v) is 3.68. The maximum absolute atomic E-state index is 5.56. The average Bonchev–Trinajstić information content (AvgIpc) is 3.21. The molecule has 1 aromatic heterocycles. The van der Waals surface area contributed by atoms with Crippen LogP contribution in [0.1, 0.15) is 5.56 Å². The minimum atomic E-state index is 0.337. The second-order valence-electron chi connectivity index (χ2n) is 6.73. The minimum Gasteiger partial charge on any atom is -0.496 e. The Bertz CT molecular complexity index is 1330. The lowest BCUT2D eigenvalue weighted by molar-refractivity contribution is 0.324. The van der Waals surface area contributed by atoms with E-state index in [0.29, 0.717) is 39.2 Å². The number of hydrogen-bond donors (Lipinski definition) is 1. The van der Waals surface area contributed by atoms with Gasteiger partial charge in [0.2, 0.25) is 10.5 Å². The predicted molar refractivity (Wildman–Crippen MR) is 126 cm³/mol. The number of methoxy groups -OCH3 is 4. The summed E-state index contributed by atoms with van der Waals surface area (Å²) in [6.45, 7) is 0. The molecule has 0 aliphatic rings. The van der Waals surface area contributed by atoms with Crippen LogP contribution < -0.4 is 18.9 Å². The van der Waals surface area contributed by atoms with Crippen LogP contribution in [0.25, 0.3) is 22.2 Å². The molecule has 8 nitrogen and oxygen atoms in total. The molecular weight excluding hydrogens is 428 g/mol. The van der Waals surface area contributed by atoms with E-state index in [1.807, 2.05) is 36.4 Å². The molecule has 0 atom stereocenters. The van der Waals surface area contributed by atoms with Gasteiger partial charge < -0.3 is 18.9 Å². The molecule has 0 saturated carbocycles. The lowest BCUT2D eigenvalue weighted by Gasteiger charge is -2.13. The molecule has 32 heavy (non-hydrogen) atoms. The summed E-state index contributed by atoms with van der Waals surface area (Å²) < 4.78 is 23.8. The number of ether oxygens (including phenoxy) is 4. The zero-order valence-electron chi connectivity index (χ0n) is 18.1. The van der Waals surface area contributed by atoms with Crippen molar-refractivity contribution in [2.45, 2.75) is 0 Å². The molecule has 0 aliphatic heterocycles. The first-order valence-corrected chi connectivity index (χ1v) is 10.1. The van der Waals surface area contributed by atoms with Gasteiger partial charge in [0.1, 0.15) is 5.75 Å². The van der Waals surface area contributed by atoms with Gasteiger partial charge in [-0.15, -0.1) is 0 Å². The zero-order valence-corrected chi connectivity index (χ0v) is 18.9. The van der Waals surface area contributed by atoms with Crippen LogP contribution in [0.4, 0.5) is 0 Å². The molecule has 4 aromatic rings. The molecular formula is C23H22N4O4S. The lowest BCUT2D eigenvalue weighted by Crippen LogP contribution is -1.99. The van der Waals surface area contributed by atoms with Crippen molar-refractivity contribution in [3.8, 4) is 34.4 Å². The summed E-state index contributed by atoms with van der Waals surface area (Å²) in [5, 5.41) is 13.9. The van der Waals surface area contributed by atoms with Crippen LogP contribution in [-0.2, 0) is 0 Å². The Labute approximate surface area is 190 Å². The molecule has 9 heteroatoms. The Kier molecular flexibility index (Phi) is 6.09. The first-order valence-electron chi connectivity index (χ1n) is 9.69. The van der Waals surface area contributed by atoms with Gasteiger partial charge in [-0.1, -0.05) is 30.3 Å². The van der Waals surface area contributed by atoms with E-state index in [-0.39, 0.29) is 0 Å². The quantitative estimate of drug-likeness (QED) is 0.325. The second-order valence-corrected chi connectivity index (χ2v) is 7.11. The van der Waals surface area contributed by atoms with Crippen molar-refractivity contribution in [1.29, 1.82) is 0 Å². The van der Waals surface area contributed by atoms with Gasteiger partial charge in [-0.3, -0.25) is 0 Å². The van der Waals surface area contributed by atoms with Crippen LogP contribution in [-0.4, -0.2) is 49.5 Å². The highest BCUT2D eigenvalue weighted by atomic mass is 32.1. The van der Waals surface area contributed by atoms with Gasteiger partial charge in [0.05, 0.1) is 34.7 Å². The Morgan fingerprint density at radius 1 is 0.906 bits per heavy atom. The summed E-state index contributed by atoms with van der Waals surface area (Å²) in [6, 6.07) is 15.5. The molecule has 0 spiro atoms. The largest absolute Gasteiger partial charge is 0.496 e. The van der Waals surface area contributed by atoms with Crippen molar-refractivity contribution in [3.63, 3.8) is 0 Å². The summed E-state index contributed by atoms with van der Waals surface area (Å²) in [5.74, 6) is 2.69. The standard InChI is InChI=1S/C23H22N4O4S/c1-28-18-10-9-14-7-5-6-8-16(14)17(18)13-24-27-22(25-26-23(27)32)15-11-19(29-2)21(31-4)20(12-15)30-3/h5-13H,1-4H3,(H,26,32)/b24-13-. The SMILES string of the molecule is COc1cc(-c2n[nH]c(=S)n2/N=C\c2c(OC)ccc3ccccc23)cc(OC)c1OC. The number of aromatic amines is 1. The lowest BCUT2D eigenvalue weighted by atomic mass is 10.0. The van der Waals surface area contributed by atoms with E-state index in [2.05, 4.69) is 15.3 Å². The van der Waals surface area contributed by atoms with E-state index in [1.165, 1.54) is 4.68 Å². The number of rotatable bonds is 7. The van der Waals surface area contributed by atoms with Gasteiger partial charge in [0.15, 0.2) is 17.3 Å². The van der Waals surface area contributed by atoms with Crippen molar-refractivity contribution in [1.82, 2.24) is 14.9 Å². The van der Waals surface area contributed by atoms with E-state index < -0.39 is 0 Å². The Balaban J connectivity index is 1.85. The molecule has 4 rings (SSSR count). The van der Waals surface area contributed by atoms with Crippen LogP contribution in [0.2, 0.25) is 0 Å². The molecule has 0 unspecified atom stereocenters. The Morgan fingerprint density at radius 2 is 1.59 bits per heavy atom. The molecule has 0 aliphatic carbocycles. The van der Waals surface area contributed by atoms with Gasteiger partial charge in [0.25, 0.3) is 0 Å². The predicted octanol–water partition coefficient (Wildman–Crippen LogP) is 4.68. The average molecular weight is 451 g/mol. The van der Waals surface area contributed by atoms with Crippen molar-refractivity contribution in [2.24, 2.45) is 5.10 Å². The van der Waals surface area contributed by atoms with E-state index in [0.717, 1.165) is 16.3 Å². The number of benzene rings is 3. The molecule has 1 heterocycles. The molecule has 0 amide bonds. The number of nitrogens with one attached hydrogen (secondary N) is 1. The van der Waals surface area contributed by atoms with Crippen LogP contribution in [0.3, 0.4) is 0 Å². The molecule has 1 N–H and O–H groups in total. The first kappa shape index (κ1) is 21.4. The summed E-state index contributed by atoms with van der Waals surface area (Å²) in [5.41, 5.74) is 1.53. The summed E-state index contributed by atoms with van der Waals surface area (Å²) in [6.07, 6.45) is 1.72. The molecule has 0 fully saturated rings. The molecule has 0 radical (unpaired) electrons. The Hall–Kier alpha value is -3.85. The molecule has 0 bridgehead atoms. The summed E-state index contributed by atoms with van der Waals surface area (Å²) in [4.78, 5) is 0. The fourth-order valence-electron chi connectivity index (χ4n) is 3.50. The zero-order chi connectivity index (χ0) is 22.7. The summed E-state index contributed by atoms with van der Waals surface area (Å²) >= 11 is 5.43. The highest BCUT2D eigenvalue weighted by Gasteiger charge is 2.18. The van der Waals surface area contributed by atoms with E-state index in [4.69, 9.17) is 31.2 Å². The number of fused-ring (bicyclic) bond motifs is 1. The van der Waals surface area contributed by atoms with Gasteiger partial charge in [-0.2, -0.15) is 14.9 Å². The maximum atomic E-state index is 5.56. The molecule has 164 valence electrons. The van der Waals surface area contributed by atoms with Gasteiger partial charge in [0, 0.05) is 11.1 Å². The summed E-state index contributed by atoms with van der Waals surface area (Å²) in [7, 11) is 6.30.